The Bertz CT molecular complexity index is 294. The second-order valence-corrected chi connectivity index (χ2v) is 5.33. The van der Waals surface area contributed by atoms with Crippen LogP contribution in [0, 0.1) is 11.8 Å². The molecule has 1 fully saturated rings. The van der Waals surface area contributed by atoms with Crippen molar-refractivity contribution >= 4 is 11.9 Å². The summed E-state index contributed by atoms with van der Waals surface area (Å²) in [5, 5.41) is 14.7. The first-order valence-corrected chi connectivity index (χ1v) is 6.73. The van der Waals surface area contributed by atoms with Gasteiger partial charge in [0.15, 0.2) is 0 Å². The van der Waals surface area contributed by atoms with Crippen molar-refractivity contribution in [1.82, 2.24) is 10.6 Å². The zero-order chi connectivity index (χ0) is 13.5. The molecule has 1 aliphatic rings. The highest BCUT2D eigenvalue weighted by molar-refractivity contribution is 5.82. The van der Waals surface area contributed by atoms with Crippen molar-refractivity contribution in [3.8, 4) is 0 Å². The summed E-state index contributed by atoms with van der Waals surface area (Å²) in [5.74, 6) is -0.169. The lowest BCUT2D eigenvalue weighted by Crippen LogP contribution is -2.51. The number of hydrogen-bond acceptors (Lipinski definition) is 3. The average molecular weight is 256 g/mol. The molecule has 1 heterocycles. The summed E-state index contributed by atoms with van der Waals surface area (Å²) in [5.41, 5.74) is 0. The monoisotopic (exact) mass is 256 g/mol. The Kier molecular flexibility index (Phi) is 6.12. The molecule has 104 valence electrons. The Morgan fingerprint density at radius 2 is 2.22 bits per heavy atom. The van der Waals surface area contributed by atoms with Gasteiger partial charge < -0.3 is 15.7 Å². The topological polar surface area (TPSA) is 78.4 Å². The second-order valence-electron chi connectivity index (χ2n) is 5.33. The zero-order valence-corrected chi connectivity index (χ0v) is 11.2. The van der Waals surface area contributed by atoms with Crippen molar-refractivity contribution in [3.05, 3.63) is 0 Å². The van der Waals surface area contributed by atoms with E-state index in [2.05, 4.69) is 17.6 Å². The molecule has 18 heavy (non-hydrogen) atoms. The molecule has 1 rings (SSSR count). The molecule has 1 aliphatic heterocycles. The van der Waals surface area contributed by atoms with Crippen LogP contribution in [0.15, 0.2) is 0 Å². The van der Waals surface area contributed by atoms with Crippen molar-refractivity contribution in [1.29, 1.82) is 0 Å². The highest BCUT2D eigenvalue weighted by Crippen LogP contribution is 2.15. The summed E-state index contributed by atoms with van der Waals surface area (Å²) in [6.45, 7) is 5.50. The highest BCUT2D eigenvalue weighted by Gasteiger charge is 2.27. The van der Waals surface area contributed by atoms with E-state index in [9.17, 15) is 9.59 Å². The van der Waals surface area contributed by atoms with Crippen LogP contribution in [0.3, 0.4) is 0 Å². The van der Waals surface area contributed by atoms with Gasteiger partial charge in [-0.1, -0.05) is 13.8 Å². The molecule has 0 aromatic rings. The lowest BCUT2D eigenvalue weighted by atomic mass is 9.92. The minimum atomic E-state index is -0.782. The summed E-state index contributed by atoms with van der Waals surface area (Å²) in [4.78, 5) is 22.4. The fraction of sp³-hybridized carbons (Fsp3) is 0.846. The van der Waals surface area contributed by atoms with E-state index in [0.29, 0.717) is 18.9 Å². The number of carboxylic acid groups (broad SMARTS) is 1. The van der Waals surface area contributed by atoms with Crippen molar-refractivity contribution in [2.24, 2.45) is 11.8 Å². The minimum absolute atomic E-state index is 0.0457. The number of piperidine rings is 1. The van der Waals surface area contributed by atoms with E-state index in [1.165, 1.54) is 0 Å². The number of carbonyl (C=O) groups is 2. The number of amides is 1. The smallest absolute Gasteiger partial charge is 0.303 e. The van der Waals surface area contributed by atoms with Crippen LogP contribution in [0.5, 0.6) is 0 Å². The molecule has 3 atom stereocenters. The Labute approximate surface area is 108 Å². The predicted molar refractivity (Wildman–Crippen MR) is 69.2 cm³/mol. The standard InChI is InChI=1S/C13H24N2O3/c1-9(5-6-11(16)17)8-15-13(18)12-10(2)4-3-7-14-12/h9-10,12,14H,3-8H2,1-2H3,(H,15,18)(H,16,17). The van der Waals surface area contributed by atoms with Gasteiger partial charge in [0.25, 0.3) is 0 Å². The molecule has 3 N–H and O–H groups in total. The SMILES string of the molecule is CC(CCC(=O)O)CNC(=O)C1NCCCC1C. The quantitative estimate of drug-likeness (QED) is 0.662. The van der Waals surface area contributed by atoms with Crippen LogP contribution >= 0.6 is 0 Å². The van der Waals surface area contributed by atoms with Gasteiger partial charge in [0.1, 0.15) is 0 Å². The van der Waals surface area contributed by atoms with Crippen molar-refractivity contribution in [3.63, 3.8) is 0 Å². The molecule has 0 radical (unpaired) electrons. The van der Waals surface area contributed by atoms with Crippen LogP contribution in [0.1, 0.15) is 39.5 Å². The van der Waals surface area contributed by atoms with Gasteiger partial charge in [-0.2, -0.15) is 0 Å². The van der Waals surface area contributed by atoms with Gasteiger partial charge in [-0.05, 0) is 37.6 Å². The Balaban J connectivity index is 2.25. The third-order valence-corrected chi connectivity index (χ3v) is 3.53. The van der Waals surface area contributed by atoms with Crippen LogP contribution in [-0.2, 0) is 9.59 Å². The van der Waals surface area contributed by atoms with Crippen molar-refractivity contribution in [2.45, 2.75) is 45.6 Å². The fourth-order valence-electron chi connectivity index (χ4n) is 2.26. The average Bonchev–Trinajstić information content (AvgIpc) is 2.34. The first kappa shape index (κ1) is 15.0. The first-order chi connectivity index (χ1) is 8.50. The first-order valence-electron chi connectivity index (χ1n) is 6.73. The minimum Gasteiger partial charge on any atom is -0.481 e. The molecule has 1 saturated heterocycles. The predicted octanol–water partition coefficient (Wildman–Crippen LogP) is 0.992. The van der Waals surface area contributed by atoms with Crippen molar-refractivity contribution in [2.75, 3.05) is 13.1 Å². The van der Waals surface area contributed by atoms with Crippen LogP contribution in [0.4, 0.5) is 0 Å². The van der Waals surface area contributed by atoms with Crippen LogP contribution < -0.4 is 10.6 Å². The number of rotatable bonds is 6. The largest absolute Gasteiger partial charge is 0.481 e. The van der Waals surface area contributed by atoms with E-state index in [-0.39, 0.29) is 24.3 Å². The van der Waals surface area contributed by atoms with E-state index in [1.54, 1.807) is 0 Å². The lowest BCUT2D eigenvalue weighted by molar-refractivity contribution is -0.137. The van der Waals surface area contributed by atoms with Gasteiger partial charge in [0.2, 0.25) is 5.91 Å². The number of nitrogens with one attached hydrogen (secondary N) is 2. The maximum absolute atomic E-state index is 12.0. The Morgan fingerprint density at radius 3 is 2.83 bits per heavy atom. The fourth-order valence-corrected chi connectivity index (χ4v) is 2.26. The van der Waals surface area contributed by atoms with Gasteiger partial charge in [-0.15, -0.1) is 0 Å². The van der Waals surface area contributed by atoms with Gasteiger partial charge in [-0.25, -0.2) is 0 Å². The van der Waals surface area contributed by atoms with E-state index < -0.39 is 5.97 Å². The van der Waals surface area contributed by atoms with Crippen LogP contribution in [-0.4, -0.2) is 36.1 Å². The maximum atomic E-state index is 12.0. The molecular weight excluding hydrogens is 232 g/mol. The summed E-state index contributed by atoms with van der Waals surface area (Å²) >= 11 is 0. The molecule has 0 saturated carbocycles. The summed E-state index contributed by atoms with van der Waals surface area (Å²) in [7, 11) is 0. The highest BCUT2D eigenvalue weighted by atomic mass is 16.4. The maximum Gasteiger partial charge on any atom is 0.303 e. The molecule has 0 bridgehead atoms. The van der Waals surface area contributed by atoms with E-state index in [0.717, 1.165) is 19.4 Å². The number of carboxylic acids is 1. The number of carbonyl (C=O) groups excluding carboxylic acids is 1. The zero-order valence-electron chi connectivity index (χ0n) is 11.2. The van der Waals surface area contributed by atoms with E-state index >= 15 is 0 Å². The summed E-state index contributed by atoms with van der Waals surface area (Å²) in [6.07, 6.45) is 2.97. The Morgan fingerprint density at radius 1 is 1.50 bits per heavy atom. The molecule has 1 amide bonds. The molecule has 0 aliphatic carbocycles. The molecule has 5 nitrogen and oxygen atoms in total. The van der Waals surface area contributed by atoms with Gasteiger partial charge >= 0.3 is 5.97 Å². The molecule has 3 unspecified atom stereocenters. The van der Waals surface area contributed by atoms with E-state index in [1.807, 2.05) is 6.92 Å². The molecule has 5 heteroatoms. The lowest BCUT2D eigenvalue weighted by Gasteiger charge is -2.29. The normalized spacial score (nSPS) is 25.4. The molecule has 0 aromatic carbocycles. The number of aliphatic carboxylic acids is 1. The van der Waals surface area contributed by atoms with Crippen LogP contribution in [0.25, 0.3) is 0 Å². The number of hydrogen-bond donors (Lipinski definition) is 3. The summed E-state index contributed by atoms with van der Waals surface area (Å²) in [6, 6.07) is -0.0922. The second kappa shape index (κ2) is 7.36. The molecular formula is C13H24N2O3. The summed E-state index contributed by atoms with van der Waals surface area (Å²) < 4.78 is 0. The Hall–Kier alpha value is -1.10. The van der Waals surface area contributed by atoms with Crippen LogP contribution in [0.2, 0.25) is 0 Å². The van der Waals surface area contributed by atoms with Gasteiger partial charge in [-0.3, -0.25) is 9.59 Å². The van der Waals surface area contributed by atoms with Crippen molar-refractivity contribution < 1.29 is 14.7 Å². The molecule has 0 spiro atoms. The van der Waals surface area contributed by atoms with Gasteiger partial charge in [0, 0.05) is 13.0 Å². The van der Waals surface area contributed by atoms with E-state index in [4.69, 9.17) is 5.11 Å². The third-order valence-electron chi connectivity index (χ3n) is 3.53. The molecule has 0 aromatic heterocycles. The third kappa shape index (κ3) is 5.04. The van der Waals surface area contributed by atoms with Gasteiger partial charge in [0.05, 0.1) is 6.04 Å².